The van der Waals surface area contributed by atoms with E-state index in [9.17, 15) is 5.53 Å². The summed E-state index contributed by atoms with van der Waals surface area (Å²) in [5.74, 6) is 0. The minimum atomic E-state index is 0. The van der Waals surface area contributed by atoms with Crippen LogP contribution in [-0.4, -0.2) is 4.70 Å². The van der Waals surface area contributed by atoms with Crippen molar-refractivity contribution < 1.29 is 21.2 Å². The molecule has 584 valence electrons. The standard InChI is InChI=1S/C59H98N2.2C19H39.Ni/c1-5-8-11-13-15-17-19-21-23-25-27-29-31-33-35-37-39-43-53-45-41-47-55(50-53)58-52(4)57(49-10-7-3)59(61(58)60)56-48-42-46-54(51-56)44-40-38-36-34-32-30-28-26-24-22-20-18-16-14-12-9-6-2;2*1-3-5-7-9-11-13-15-17-19-18-16-14-12-10-8-6-4-2;/h41-42,45-48,50-51H,5-40,43-44,49H2,1-4H3;2*1,3-19H2,2H3;/q;2*-1;+2. The number of rotatable bonds is 73. The molecule has 0 bridgehead atoms. The fourth-order valence-electron chi connectivity index (χ4n) is 15.3. The Labute approximate surface area is 640 Å². The molecular weight excluding hydrogens is 1250 g/mol. The van der Waals surface area contributed by atoms with Gasteiger partial charge in [0.2, 0.25) is 11.4 Å². The molecule has 0 radical (unpaired) electrons. The van der Waals surface area contributed by atoms with E-state index < -0.39 is 0 Å². The van der Waals surface area contributed by atoms with Gasteiger partial charge in [-0.15, -0.1) is 0 Å². The predicted molar refractivity (Wildman–Crippen MR) is 450 cm³/mol. The minimum Gasteiger partial charge on any atom is -0.493 e. The van der Waals surface area contributed by atoms with Crippen molar-refractivity contribution in [3.05, 3.63) is 101 Å². The van der Waals surface area contributed by atoms with Crippen LogP contribution < -0.4 is 0 Å². The topological polar surface area (TPSA) is 25.3 Å². The van der Waals surface area contributed by atoms with Crippen LogP contribution in [0.4, 0.5) is 0 Å². The molecule has 1 heterocycles. The number of nitrogens with zero attached hydrogens (tertiary/aromatic N) is 2. The van der Waals surface area contributed by atoms with Crippen molar-refractivity contribution in [2.75, 3.05) is 0 Å². The van der Waals surface area contributed by atoms with Crippen molar-refractivity contribution in [2.45, 2.75) is 510 Å². The van der Waals surface area contributed by atoms with Crippen LogP contribution in [0.15, 0.2) is 59.7 Å². The molecule has 2 aromatic rings. The van der Waals surface area contributed by atoms with Crippen molar-refractivity contribution in [3.8, 4) is 0 Å². The summed E-state index contributed by atoms with van der Waals surface area (Å²) in [7, 11) is 0. The number of benzene rings is 2. The summed E-state index contributed by atoms with van der Waals surface area (Å²) in [4.78, 5) is 0. The molecule has 0 unspecified atom stereocenters. The molecular formula is C97H176N2Ni. The first-order valence-electron chi connectivity index (χ1n) is 45.6. The Balaban J connectivity index is 0.00000204. The van der Waals surface area contributed by atoms with Gasteiger partial charge in [0.1, 0.15) is 0 Å². The van der Waals surface area contributed by atoms with Crippen LogP contribution in [-0.2, 0) is 29.3 Å². The van der Waals surface area contributed by atoms with E-state index in [0.29, 0.717) is 0 Å². The van der Waals surface area contributed by atoms with Crippen molar-refractivity contribution >= 4 is 11.4 Å². The Kier molecular flexibility index (Phi) is 78.0. The Bertz CT molecular complexity index is 1980. The van der Waals surface area contributed by atoms with Gasteiger partial charge in [-0.05, 0) is 80.8 Å². The number of hydrogen-bond donors (Lipinski definition) is 0. The molecule has 0 N–H and O–H groups in total. The molecule has 0 aromatic heterocycles. The first-order chi connectivity index (χ1) is 48.9. The van der Waals surface area contributed by atoms with Crippen molar-refractivity contribution in [1.82, 2.24) is 0 Å². The van der Waals surface area contributed by atoms with Gasteiger partial charge in [0.05, 0.1) is 0 Å². The Hall–Kier alpha value is -1.99. The van der Waals surface area contributed by atoms with Crippen LogP contribution in [0.3, 0.4) is 0 Å². The monoisotopic (exact) mass is 1430 g/mol. The molecule has 1 aliphatic rings. The van der Waals surface area contributed by atoms with Gasteiger partial charge in [-0.2, -0.15) is 12.8 Å². The summed E-state index contributed by atoms with van der Waals surface area (Å²) >= 11 is 0. The second kappa shape index (κ2) is 79.6. The second-order valence-electron chi connectivity index (χ2n) is 31.7. The summed E-state index contributed by atoms with van der Waals surface area (Å²) in [5.41, 5.74) is 21.6. The van der Waals surface area contributed by atoms with Crippen LogP contribution >= 0.6 is 0 Å². The maximum atomic E-state index is 12.0. The fraction of sp³-hybridized carbons (Fsp3) is 0.814. The summed E-state index contributed by atoms with van der Waals surface area (Å²) in [6.07, 6.45) is 102. The summed E-state index contributed by atoms with van der Waals surface area (Å²) in [6.45, 7) is 21.5. The van der Waals surface area contributed by atoms with E-state index in [2.05, 4.69) is 104 Å². The second-order valence-corrected chi connectivity index (χ2v) is 31.7. The minimum absolute atomic E-state index is 0. The number of unbranched alkanes of at least 4 members (excludes halogenated alkanes) is 65. The van der Waals surface area contributed by atoms with Gasteiger partial charge >= 0.3 is 16.5 Å². The average Bonchev–Trinajstić information content (AvgIpc) is 1.61. The molecule has 3 heteroatoms. The molecule has 1 aliphatic heterocycles. The first kappa shape index (κ1) is 98.0. The molecule has 0 atom stereocenters. The molecule has 0 amide bonds. The van der Waals surface area contributed by atoms with Gasteiger partial charge in [-0.1, -0.05) is 476 Å². The van der Waals surface area contributed by atoms with Crippen LogP contribution in [0.2, 0.25) is 0 Å². The van der Waals surface area contributed by atoms with E-state index in [1.54, 1.807) is 4.70 Å². The van der Waals surface area contributed by atoms with Crippen LogP contribution in [0, 0.1) is 13.8 Å². The largest absolute Gasteiger partial charge is 2.00 e. The maximum absolute atomic E-state index is 12.0. The van der Waals surface area contributed by atoms with Gasteiger partial charge in [0.15, 0.2) is 0 Å². The van der Waals surface area contributed by atoms with Crippen molar-refractivity contribution in [1.29, 1.82) is 0 Å². The van der Waals surface area contributed by atoms with Crippen LogP contribution in [0.25, 0.3) is 16.9 Å². The molecule has 0 fully saturated rings. The fourth-order valence-corrected chi connectivity index (χ4v) is 15.3. The first-order valence-corrected chi connectivity index (χ1v) is 45.6. The zero-order valence-corrected chi connectivity index (χ0v) is 69.9. The van der Waals surface area contributed by atoms with E-state index in [1.165, 1.54) is 446 Å². The van der Waals surface area contributed by atoms with Crippen LogP contribution in [0.1, 0.15) is 520 Å². The van der Waals surface area contributed by atoms with Gasteiger partial charge < -0.3 is 19.4 Å². The van der Waals surface area contributed by atoms with Gasteiger partial charge in [0, 0.05) is 22.3 Å². The van der Waals surface area contributed by atoms with E-state index >= 15 is 0 Å². The maximum Gasteiger partial charge on any atom is 2.00 e. The third-order valence-corrected chi connectivity index (χ3v) is 22.0. The summed E-state index contributed by atoms with van der Waals surface area (Å²) in [5, 5.41) is 0. The molecule has 0 spiro atoms. The van der Waals surface area contributed by atoms with E-state index in [1.807, 2.05) is 0 Å². The molecule has 0 aliphatic carbocycles. The summed E-state index contributed by atoms with van der Waals surface area (Å²) in [6, 6.07) is 18.1. The Morgan fingerprint density at radius 2 is 0.450 bits per heavy atom. The molecule has 100 heavy (non-hydrogen) atoms. The molecule has 0 saturated heterocycles. The van der Waals surface area contributed by atoms with Gasteiger partial charge in [-0.3, -0.25) is 0 Å². The van der Waals surface area contributed by atoms with Gasteiger partial charge in [0.25, 0.3) is 0 Å². The van der Waals surface area contributed by atoms with Crippen molar-refractivity contribution in [2.24, 2.45) is 0 Å². The third kappa shape index (κ3) is 60.2. The SMILES string of the molecule is CCCCCCCCCCCCCCCCCCCc1cccc(C2=C(C)C(CCCC)=C(c3cccc(CCCCCCCCCCCCCCCCCCC)c3)[N+]2=[N-])c1.[CH2-]CCCCCCCCCCCCCCCCCC.[CH2-]CCCCCCCCCCCCCCCCCC.[Ni+2]. The molecule has 0 saturated carbocycles. The average molecular weight is 1430 g/mol. The third-order valence-electron chi connectivity index (χ3n) is 22.0. The molecule has 3 rings (SSSR count). The normalized spacial score (nSPS) is 12.2. The van der Waals surface area contributed by atoms with Crippen LogP contribution in [0.5, 0.6) is 0 Å². The number of aryl methyl sites for hydroxylation is 2. The number of allylic oxidation sites excluding steroid dienone is 2. The summed E-state index contributed by atoms with van der Waals surface area (Å²) < 4.78 is 1.55. The van der Waals surface area contributed by atoms with E-state index in [-0.39, 0.29) is 16.5 Å². The molecule has 2 aromatic carbocycles. The van der Waals surface area contributed by atoms with E-state index in [4.69, 9.17) is 0 Å². The zero-order valence-electron chi connectivity index (χ0n) is 68.9. The Morgan fingerprint density at radius 1 is 0.250 bits per heavy atom. The van der Waals surface area contributed by atoms with Gasteiger partial charge in [-0.25, -0.2) is 4.70 Å². The predicted octanol–water partition coefficient (Wildman–Crippen LogP) is 35.4. The molecule has 2 nitrogen and oxygen atoms in total. The Morgan fingerprint density at radius 3 is 0.670 bits per heavy atom. The smallest absolute Gasteiger partial charge is 0.493 e. The van der Waals surface area contributed by atoms with Crippen molar-refractivity contribution in [3.63, 3.8) is 0 Å². The number of hydrogen-bond acceptors (Lipinski definition) is 0. The van der Waals surface area contributed by atoms with E-state index in [0.717, 1.165) is 67.5 Å². The quantitative estimate of drug-likeness (QED) is 0.0273. The zero-order chi connectivity index (χ0) is 71.5.